The zero-order chi connectivity index (χ0) is 18.0. The van der Waals surface area contributed by atoms with E-state index in [1.54, 1.807) is 0 Å². The average molecular weight is 372 g/mol. The van der Waals surface area contributed by atoms with Crippen molar-refractivity contribution in [3.63, 3.8) is 0 Å². The minimum atomic E-state index is -4.54. The monoisotopic (exact) mass is 372 g/mol. The van der Waals surface area contributed by atoms with Crippen LogP contribution in [0.5, 0.6) is 5.88 Å². The lowest BCUT2D eigenvalue weighted by atomic mass is 10.1. The molecule has 0 saturated carbocycles. The van der Waals surface area contributed by atoms with Gasteiger partial charge in [0.2, 0.25) is 5.88 Å². The number of pyridine rings is 1. The lowest BCUT2D eigenvalue weighted by Crippen LogP contribution is -2.56. The molecule has 0 atom stereocenters. The maximum absolute atomic E-state index is 12.9. The first kappa shape index (κ1) is 17.6. The highest BCUT2D eigenvalue weighted by Crippen LogP contribution is 2.35. The van der Waals surface area contributed by atoms with Gasteiger partial charge < -0.3 is 9.64 Å². The van der Waals surface area contributed by atoms with E-state index in [9.17, 15) is 18.0 Å². The molecule has 1 aliphatic rings. The molecular weight excluding hydrogens is 357 g/mol. The van der Waals surface area contributed by atoms with Crippen molar-refractivity contribution in [1.29, 1.82) is 0 Å². The summed E-state index contributed by atoms with van der Waals surface area (Å²) in [6, 6.07) is 2.13. The largest absolute Gasteiger partial charge is 0.470 e. The summed E-state index contributed by atoms with van der Waals surface area (Å²) in [6.07, 6.45) is -2.31. The number of rotatable bonds is 5. The van der Waals surface area contributed by atoms with Crippen molar-refractivity contribution in [3.05, 3.63) is 34.5 Å². The number of carbonyl (C=O) groups is 1. The predicted octanol–water partition coefficient (Wildman–Crippen LogP) is 2.81. The van der Waals surface area contributed by atoms with Gasteiger partial charge in [0.1, 0.15) is 16.5 Å². The number of aromatic nitrogens is 3. The van der Waals surface area contributed by atoms with Crippen LogP contribution >= 0.6 is 11.5 Å². The lowest BCUT2D eigenvalue weighted by molar-refractivity contribution is -0.140. The van der Waals surface area contributed by atoms with Crippen molar-refractivity contribution >= 4 is 17.4 Å². The molecule has 1 saturated heterocycles. The molecule has 0 spiro atoms. The van der Waals surface area contributed by atoms with E-state index in [-0.39, 0.29) is 19.0 Å². The fraction of sp³-hybridized carbons (Fsp3) is 0.467. The third-order valence-electron chi connectivity index (χ3n) is 3.73. The minimum absolute atomic E-state index is 0.205. The summed E-state index contributed by atoms with van der Waals surface area (Å²) in [7, 11) is 0. The van der Waals surface area contributed by atoms with E-state index in [1.807, 2.05) is 6.92 Å². The van der Waals surface area contributed by atoms with Crippen molar-refractivity contribution in [2.75, 3.05) is 13.1 Å². The number of amides is 1. The van der Waals surface area contributed by atoms with Crippen LogP contribution in [0.4, 0.5) is 13.2 Å². The van der Waals surface area contributed by atoms with Crippen LogP contribution in [0, 0.1) is 0 Å². The SMILES string of the molecule is CCCc1nnsc1C(=O)N1CC(Oc2ncccc2C(F)(F)F)C1. The fourth-order valence-electron chi connectivity index (χ4n) is 2.45. The van der Waals surface area contributed by atoms with Gasteiger partial charge in [-0.3, -0.25) is 4.79 Å². The van der Waals surface area contributed by atoms with Crippen LogP contribution in [-0.4, -0.2) is 44.6 Å². The number of ether oxygens (including phenoxy) is 1. The van der Waals surface area contributed by atoms with Crippen LogP contribution in [0.15, 0.2) is 18.3 Å². The summed E-state index contributed by atoms with van der Waals surface area (Å²) < 4.78 is 47.9. The molecule has 0 aromatic carbocycles. The first-order chi connectivity index (χ1) is 11.9. The highest BCUT2D eigenvalue weighted by molar-refractivity contribution is 7.08. The Morgan fingerprint density at radius 1 is 1.44 bits per heavy atom. The molecule has 3 rings (SSSR count). The second-order valence-corrected chi connectivity index (χ2v) is 6.36. The zero-order valence-corrected chi connectivity index (χ0v) is 14.1. The van der Waals surface area contributed by atoms with Crippen LogP contribution < -0.4 is 4.74 Å². The topological polar surface area (TPSA) is 68.2 Å². The normalized spacial score (nSPS) is 15.1. The fourth-order valence-corrected chi connectivity index (χ4v) is 3.13. The van der Waals surface area contributed by atoms with Gasteiger partial charge in [0.15, 0.2) is 0 Å². The van der Waals surface area contributed by atoms with Gasteiger partial charge >= 0.3 is 6.18 Å². The van der Waals surface area contributed by atoms with Crippen molar-refractivity contribution in [3.8, 4) is 5.88 Å². The van der Waals surface area contributed by atoms with Crippen molar-refractivity contribution in [2.45, 2.75) is 32.0 Å². The number of aryl methyl sites for hydroxylation is 1. The highest BCUT2D eigenvalue weighted by Gasteiger charge is 2.39. The molecule has 134 valence electrons. The summed E-state index contributed by atoms with van der Waals surface area (Å²) in [4.78, 5) is 18.1. The standard InChI is InChI=1S/C15H15F3N4O2S/c1-2-4-11-12(25-21-20-11)14(23)22-7-9(8-22)24-13-10(15(16,17)18)5-3-6-19-13/h3,5-6,9H,2,4,7-8H2,1H3. The van der Waals surface area contributed by atoms with Crippen LogP contribution in [0.3, 0.4) is 0 Å². The Morgan fingerprint density at radius 2 is 2.20 bits per heavy atom. The van der Waals surface area contributed by atoms with Crippen LogP contribution in [0.2, 0.25) is 0 Å². The number of carbonyl (C=O) groups excluding carboxylic acids is 1. The Labute approximate surface area is 145 Å². The van der Waals surface area contributed by atoms with E-state index in [0.717, 1.165) is 24.0 Å². The molecule has 0 unspecified atom stereocenters. The Morgan fingerprint density at radius 3 is 2.88 bits per heavy atom. The maximum Gasteiger partial charge on any atom is 0.421 e. The molecule has 2 aromatic rings. The molecule has 25 heavy (non-hydrogen) atoms. The van der Waals surface area contributed by atoms with Crippen molar-refractivity contribution in [2.24, 2.45) is 0 Å². The highest BCUT2D eigenvalue weighted by atomic mass is 32.1. The molecule has 0 radical (unpaired) electrons. The number of nitrogens with zero attached hydrogens (tertiary/aromatic N) is 4. The summed E-state index contributed by atoms with van der Waals surface area (Å²) >= 11 is 1.03. The number of hydrogen-bond donors (Lipinski definition) is 0. The quantitative estimate of drug-likeness (QED) is 0.807. The van der Waals surface area contributed by atoms with Crippen LogP contribution in [0.1, 0.15) is 34.3 Å². The van der Waals surface area contributed by atoms with Gasteiger partial charge in [0.05, 0.1) is 18.8 Å². The Balaban J connectivity index is 1.62. The Bertz CT molecular complexity index is 759. The van der Waals surface area contributed by atoms with E-state index in [4.69, 9.17) is 4.74 Å². The molecule has 1 fully saturated rings. The second-order valence-electron chi connectivity index (χ2n) is 5.60. The zero-order valence-electron chi connectivity index (χ0n) is 13.3. The first-order valence-corrected chi connectivity index (χ1v) is 8.46. The molecule has 1 aliphatic heterocycles. The van der Waals surface area contributed by atoms with E-state index < -0.39 is 23.7 Å². The molecule has 0 aliphatic carbocycles. The molecule has 3 heterocycles. The number of alkyl halides is 3. The van der Waals surface area contributed by atoms with Crippen molar-refractivity contribution in [1.82, 2.24) is 19.5 Å². The van der Waals surface area contributed by atoms with Crippen molar-refractivity contribution < 1.29 is 22.7 Å². The minimum Gasteiger partial charge on any atom is -0.470 e. The van der Waals surface area contributed by atoms with Gasteiger partial charge in [0.25, 0.3) is 5.91 Å². The molecule has 1 amide bonds. The first-order valence-electron chi connectivity index (χ1n) is 7.69. The molecule has 2 aromatic heterocycles. The molecular formula is C15H15F3N4O2S. The van der Waals surface area contributed by atoms with Crippen LogP contribution in [-0.2, 0) is 12.6 Å². The van der Waals surface area contributed by atoms with E-state index in [0.29, 0.717) is 17.0 Å². The third kappa shape index (κ3) is 3.73. The van der Waals surface area contributed by atoms with Gasteiger partial charge in [-0.05, 0) is 30.1 Å². The smallest absolute Gasteiger partial charge is 0.421 e. The number of halogens is 3. The Kier molecular flexibility index (Phi) is 4.89. The number of hydrogen-bond acceptors (Lipinski definition) is 6. The third-order valence-corrected chi connectivity index (χ3v) is 4.48. The summed E-state index contributed by atoms with van der Waals surface area (Å²) in [5.74, 6) is -0.673. The van der Waals surface area contributed by atoms with Crippen LogP contribution in [0.25, 0.3) is 0 Å². The van der Waals surface area contributed by atoms with Gasteiger partial charge in [-0.25, -0.2) is 4.98 Å². The molecule has 0 N–H and O–H groups in total. The predicted molar refractivity (Wildman–Crippen MR) is 83.5 cm³/mol. The molecule has 0 bridgehead atoms. The van der Waals surface area contributed by atoms with Gasteiger partial charge in [-0.1, -0.05) is 17.8 Å². The van der Waals surface area contributed by atoms with E-state index >= 15 is 0 Å². The van der Waals surface area contributed by atoms with Gasteiger partial charge in [-0.15, -0.1) is 5.10 Å². The van der Waals surface area contributed by atoms with E-state index in [1.165, 1.54) is 17.2 Å². The maximum atomic E-state index is 12.9. The van der Waals surface area contributed by atoms with Gasteiger partial charge in [-0.2, -0.15) is 13.2 Å². The summed E-state index contributed by atoms with van der Waals surface area (Å²) in [5, 5.41) is 3.95. The Hall–Kier alpha value is -2.23. The molecule has 6 nitrogen and oxygen atoms in total. The van der Waals surface area contributed by atoms with Gasteiger partial charge in [0, 0.05) is 6.20 Å². The lowest BCUT2D eigenvalue weighted by Gasteiger charge is -2.38. The summed E-state index contributed by atoms with van der Waals surface area (Å²) in [5.41, 5.74) is -0.261. The van der Waals surface area contributed by atoms with E-state index in [2.05, 4.69) is 14.6 Å². The second kappa shape index (κ2) is 6.95. The molecule has 10 heteroatoms. The number of likely N-dealkylation sites (tertiary alicyclic amines) is 1. The summed E-state index contributed by atoms with van der Waals surface area (Å²) in [6.45, 7) is 2.39. The average Bonchev–Trinajstić information content (AvgIpc) is 2.98.